The van der Waals surface area contributed by atoms with E-state index in [9.17, 15) is 8.42 Å². The molecule has 2 heterocycles. The van der Waals surface area contributed by atoms with Crippen molar-refractivity contribution in [1.82, 2.24) is 24.3 Å². The second kappa shape index (κ2) is 4.93. The zero-order valence-corrected chi connectivity index (χ0v) is 12.4. The lowest BCUT2D eigenvalue weighted by Gasteiger charge is -2.09. The van der Waals surface area contributed by atoms with Gasteiger partial charge in [-0.1, -0.05) is 13.8 Å². The van der Waals surface area contributed by atoms with Crippen molar-refractivity contribution in [3.05, 3.63) is 24.2 Å². The highest BCUT2D eigenvalue weighted by Crippen LogP contribution is 2.20. The zero-order valence-electron chi connectivity index (χ0n) is 10.8. The second-order valence-electron chi connectivity index (χ2n) is 4.52. The number of rotatable bonds is 4. The third-order valence-electron chi connectivity index (χ3n) is 2.67. The van der Waals surface area contributed by atoms with Crippen LogP contribution in [0.1, 0.15) is 31.4 Å². The molecule has 2 rings (SSSR count). The van der Waals surface area contributed by atoms with Gasteiger partial charge in [-0.05, 0) is 0 Å². The summed E-state index contributed by atoms with van der Waals surface area (Å²) >= 11 is 0. The molecule has 0 aliphatic rings. The van der Waals surface area contributed by atoms with Gasteiger partial charge in [0.15, 0.2) is 10.9 Å². The molecule has 0 N–H and O–H groups in total. The van der Waals surface area contributed by atoms with Crippen LogP contribution in [0.2, 0.25) is 0 Å². The molecule has 0 aromatic carbocycles. The Hall–Kier alpha value is -1.41. The van der Waals surface area contributed by atoms with Gasteiger partial charge in [-0.3, -0.25) is 0 Å². The first-order valence-electron chi connectivity index (χ1n) is 5.63. The van der Waals surface area contributed by atoms with Gasteiger partial charge in [0.05, 0.1) is 6.54 Å². The van der Waals surface area contributed by atoms with Crippen molar-refractivity contribution < 1.29 is 8.42 Å². The van der Waals surface area contributed by atoms with Crippen molar-refractivity contribution in [3.63, 3.8) is 0 Å². The molecule has 0 aliphatic heterocycles. The Balaban J connectivity index is 2.44. The van der Waals surface area contributed by atoms with Crippen molar-refractivity contribution in [3.8, 4) is 0 Å². The number of nitrogens with zero attached hydrogens (tertiary/aromatic N) is 5. The molecule has 2 aromatic rings. The van der Waals surface area contributed by atoms with E-state index in [-0.39, 0.29) is 10.9 Å². The Kier molecular flexibility index (Phi) is 3.64. The lowest BCUT2D eigenvalue weighted by Crippen LogP contribution is -2.09. The van der Waals surface area contributed by atoms with E-state index >= 15 is 0 Å². The fourth-order valence-electron chi connectivity index (χ4n) is 1.71. The van der Waals surface area contributed by atoms with E-state index in [4.69, 9.17) is 10.7 Å². The summed E-state index contributed by atoms with van der Waals surface area (Å²) in [4.78, 5) is 4.08. The first kappa shape index (κ1) is 14.0. The summed E-state index contributed by atoms with van der Waals surface area (Å²) in [5.41, 5.74) is 0. The van der Waals surface area contributed by atoms with E-state index in [1.807, 2.05) is 20.9 Å². The predicted molar refractivity (Wildman–Crippen MR) is 69.5 cm³/mol. The summed E-state index contributed by atoms with van der Waals surface area (Å²) in [7, 11) is 3.32. The summed E-state index contributed by atoms with van der Waals surface area (Å²) in [6, 6.07) is 0. The quantitative estimate of drug-likeness (QED) is 0.790. The Bertz CT molecular complexity index is 689. The molecule has 0 amide bonds. The number of imidazole rings is 1. The van der Waals surface area contributed by atoms with Crippen LogP contribution in [0, 0.1) is 0 Å². The van der Waals surface area contributed by atoms with E-state index in [1.54, 1.807) is 15.5 Å². The first-order chi connectivity index (χ1) is 8.79. The molecule has 19 heavy (non-hydrogen) atoms. The number of aromatic nitrogens is 5. The average molecular weight is 304 g/mol. The highest BCUT2D eigenvalue weighted by Gasteiger charge is 2.20. The maximum Gasteiger partial charge on any atom is 0.280 e. The highest BCUT2D eigenvalue weighted by molar-refractivity contribution is 8.13. The molecular formula is C10H14ClN5O2S. The molecule has 0 fully saturated rings. The molecule has 0 spiro atoms. The third-order valence-corrected chi connectivity index (χ3v) is 3.84. The minimum atomic E-state index is -3.83. The Morgan fingerprint density at radius 2 is 2.11 bits per heavy atom. The average Bonchev–Trinajstić information content (AvgIpc) is 2.86. The molecule has 0 aliphatic carbocycles. The van der Waals surface area contributed by atoms with Gasteiger partial charge in [-0.15, -0.1) is 10.2 Å². The van der Waals surface area contributed by atoms with Crippen LogP contribution in [-0.2, 0) is 22.6 Å². The van der Waals surface area contributed by atoms with Gasteiger partial charge >= 0.3 is 0 Å². The molecule has 0 atom stereocenters. The van der Waals surface area contributed by atoms with Crippen molar-refractivity contribution in [2.24, 2.45) is 7.05 Å². The molecule has 0 saturated heterocycles. The Labute approximate surface area is 115 Å². The predicted octanol–water partition coefficient (Wildman–Crippen LogP) is 1.11. The molecule has 7 nitrogen and oxygen atoms in total. The molecule has 0 saturated carbocycles. The van der Waals surface area contributed by atoms with Crippen LogP contribution >= 0.6 is 10.7 Å². The lowest BCUT2D eigenvalue weighted by atomic mass is 10.2. The summed E-state index contributed by atoms with van der Waals surface area (Å²) in [5.74, 6) is 1.42. The topological polar surface area (TPSA) is 82.7 Å². The third kappa shape index (κ3) is 2.95. The standard InChI is InChI=1S/C10H14ClN5O2S/c1-7(2)10-13-9(19(11,17)18)5-16(10)4-8-14-12-6-15(8)3/h5-7H,4H2,1-3H3. The Morgan fingerprint density at radius 3 is 2.58 bits per heavy atom. The zero-order chi connectivity index (χ0) is 14.2. The van der Waals surface area contributed by atoms with E-state index in [0.717, 1.165) is 0 Å². The molecular weight excluding hydrogens is 290 g/mol. The van der Waals surface area contributed by atoms with Crippen molar-refractivity contribution in [2.45, 2.75) is 31.3 Å². The van der Waals surface area contributed by atoms with Crippen molar-refractivity contribution in [1.29, 1.82) is 0 Å². The lowest BCUT2D eigenvalue weighted by molar-refractivity contribution is 0.606. The fourth-order valence-corrected chi connectivity index (χ4v) is 2.39. The number of halogens is 1. The minimum absolute atomic E-state index is 0.0698. The van der Waals surface area contributed by atoms with E-state index < -0.39 is 9.05 Å². The van der Waals surface area contributed by atoms with Gasteiger partial charge in [0.2, 0.25) is 0 Å². The maximum absolute atomic E-state index is 11.3. The number of hydrogen-bond donors (Lipinski definition) is 0. The summed E-state index contributed by atoms with van der Waals surface area (Å²) in [5, 5.41) is 7.61. The largest absolute Gasteiger partial charge is 0.326 e. The smallest absolute Gasteiger partial charge is 0.280 e. The fraction of sp³-hybridized carbons (Fsp3) is 0.500. The Morgan fingerprint density at radius 1 is 1.42 bits per heavy atom. The van der Waals surface area contributed by atoms with Crippen LogP contribution < -0.4 is 0 Å². The van der Waals surface area contributed by atoms with Crippen LogP contribution in [0.3, 0.4) is 0 Å². The van der Waals surface area contributed by atoms with Crippen LogP contribution in [-0.4, -0.2) is 32.7 Å². The summed E-state index contributed by atoms with van der Waals surface area (Å²) < 4.78 is 26.2. The van der Waals surface area contributed by atoms with Gasteiger partial charge in [0.1, 0.15) is 12.2 Å². The normalized spacial score (nSPS) is 12.3. The van der Waals surface area contributed by atoms with Crippen LogP contribution in [0.5, 0.6) is 0 Å². The van der Waals surface area contributed by atoms with E-state index in [2.05, 4.69) is 15.2 Å². The molecule has 0 unspecified atom stereocenters. The maximum atomic E-state index is 11.3. The van der Waals surface area contributed by atoms with Crippen molar-refractivity contribution >= 4 is 19.7 Å². The highest BCUT2D eigenvalue weighted by atomic mass is 35.7. The monoisotopic (exact) mass is 303 g/mol. The number of aryl methyl sites for hydroxylation is 1. The molecule has 104 valence electrons. The van der Waals surface area contributed by atoms with Crippen LogP contribution in [0.25, 0.3) is 0 Å². The second-order valence-corrected chi connectivity index (χ2v) is 7.03. The van der Waals surface area contributed by atoms with Gasteiger partial charge < -0.3 is 9.13 Å². The summed E-state index contributed by atoms with van der Waals surface area (Å²) in [6.07, 6.45) is 3.01. The number of hydrogen-bond acceptors (Lipinski definition) is 5. The SMILES string of the molecule is CC(C)c1nc(S(=O)(=O)Cl)cn1Cc1nncn1C. The van der Waals surface area contributed by atoms with E-state index in [0.29, 0.717) is 18.2 Å². The van der Waals surface area contributed by atoms with Gasteiger partial charge in [-0.2, -0.15) is 0 Å². The first-order valence-corrected chi connectivity index (χ1v) is 7.94. The molecule has 0 radical (unpaired) electrons. The minimum Gasteiger partial charge on any atom is -0.326 e. The van der Waals surface area contributed by atoms with Crippen LogP contribution in [0.4, 0.5) is 0 Å². The van der Waals surface area contributed by atoms with E-state index in [1.165, 1.54) is 6.20 Å². The molecule has 9 heteroatoms. The van der Waals surface area contributed by atoms with Gasteiger partial charge in [-0.25, -0.2) is 13.4 Å². The summed E-state index contributed by atoms with van der Waals surface area (Å²) in [6.45, 7) is 4.25. The molecule has 2 aromatic heterocycles. The van der Waals surface area contributed by atoms with Crippen molar-refractivity contribution in [2.75, 3.05) is 0 Å². The molecule has 0 bridgehead atoms. The van der Waals surface area contributed by atoms with Crippen LogP contribution in [0.15, 0.2) is 17.6 Å². The van der Waals surface area contributed by atoms with Gasteiger partial charge in [0, 0.05) is 29.8 Å². The van der Waals surface area contributed by atoms with Gasteiger partial charge in [0.25, 0.3) is 9.05 Å².